The number of nitrogens with one attached hydrogen (secondary N) is 1. The van der Waals surface area contributed by atoms with E-state index in [1.54, 1.807) is 13.0 Å². The second-order valence-corrected chi connectivity index (χ2v) is 7.68. The summed E-state index contributed by atoms with van der Waals surface area (Å²) < 4.78 is 25.5. The molecule has 2 aromatic carbocycles. The normalized spacial score (nSPS) is 11.4. The summed E-state index contributed by atoms with van der Waals surface area (Å²) >= 11 is 0. The molecule has 1 N–H and O–H groups in total. The van der Waals surface area contributed by atoms with Crippen molar-refractivity contribution in [1.82, 2.24) is 4.31 Å². The van der Waals surface area contributed by atoms with Crippen molar-refractivity contribution >= 4 is 27.3 Å². The van der Waals surface area contributed by atoms with Gasteiger partial charge in [-0.05, 0) is 30.7 Å². The van der Waals surface area contributed by atoms with Crippen LogP contribution in [0.15, 0.2) is 47.4 Å². The van der Waals surface area contributed by atoms with Crippen molar-refractivity contribution in [1.29, 1.82) is 0 Å². The van der Waals surface area contributed by atoms with Crippen LogP contribution in [-0.2, 0) is 10.0 Å². The van der Waals surface area contributed by atoms with Crippen molar-refractivity contribution in [3.05, 3.63) is 63.7 Å². The first kappa shape index (κ1) is 18.6. The zero-order valence-electron chi connectivity index (χ0n) is 13.9. The van der Waals surface area contributed by atoms with Gasteiger partial charge < -0.3 is 5.32 Å². The highest BCUT2D eigenvalue weighted by molar-refractivity contribution is 7.89. The van der Waals surface area contributed by atoms with Gasteiger partial charge in [-0.15, -0.1) is 0 Å². The predicted octanol–water partition coefficient (Wildman–Crippen LogP) is 2.41. The highest BCUT2D eigenvalue weighted by atomic mass is 32.2. The van der Waals surface area contributed by atoms with Gasteiger partial charge in [-0.2, -0.15) is 0 Å². The van der Waals surface area contributed by atoms with Crippen molar-refractivity contribution < 1.29 is 18.1 Å². The van der Waals surface area contributed by atoms with E-state index >= 15 is 0 Å². The third-order valence-electron chi connectivity index (χ3n) is 3.55. The second kappa shape index (κ2) is 6.99. The van der Waals surface area contributed by atoms with Gasteiger partial charge in [0.25, 0.3) is 11.6 Å². The Hall–Kier alpha value is -2.78. The zero-order chi connectivity index (χ0) is 18.8. The summed E-state index contributed by atoms with van der Waals surface area (Å²) in [4.78, 5) is 22.6. The largest absolute Gasteiger partial charge is 0.322 e. The first-order valence-electron chi connectivity index (χ1n) is 7.22. The van der Waals surface area contributed by atoms with Crippen LogP contribution in [0.4, 0.5) is 11.4 Å². The van der Waals surface area contributed by atoms with Gasteiger partial charge in [0.2, 0.25) is 10.0 Å². The molecule has 25 heavy (non-hydrogen) atoms. The Morgan fingerprint density at radius 2 is 1.84 bits per heavy atom. The Kier molecular flexibility index (Phi) is 5.19. The molecule has 1 amide bonds. The monoisotopic (exact) mass is 363 g/mol. The summed E-state index contributed by atoms with van der Waals surface area (Å²) in [6, 6.07) is 9.69. The number of benzene rings is 2. The van der Waals surface area contributed by atoms with Crippen LogP contribution >= 0.6 is 0 Å². The van der Waals surface area contributed by atoms with Gasteiger partial charge >= 0.3 is 0 Å². The molecule has 0 spiro atoms. The number of nitrogens with zero attached hydrogens (tertiary/aromatic N) is 2. The average molecular weight is 363 g/mol. The topological polar surface area (TPSA) is 110 Å². The molecule has 8 nitrogen and oxygen atoms in total. The molecule has 0 unspecified atom stereocenters. The smallest absolute Gasteiger partial charge is 0.270 e. The van der Waals surface area contributed by atoms with E-state index in [1.165, 1.54) is 44.4 Å². The number of rotatable bonds is 5. The molecule has 0 atom stereocenters. The SMILES string of the molecule is Cc1ccc(S(=O)(=O)N(C)C)cc1NC(=O)c1cccc([N+](=O)[O-])c1. The van der Waals surface area contributed by atoms with E-state index in [0.717, 1.165) is 10.4 Å². The third kappa shape index (κ3) is 4.01. The molecule has 0 aliphatic carbocycles. The zero-order valence-corrected chi connectivity index (χ0v) is 14.7. The molecular weight excluding hydrogens is 346 g/mol. The van der Waals surface area contributed by atoms with E-state index in [2.05, 4.69) is 5.32 Å². The van der Waals surface area contributed by atoms with E-state index in [0.29, 0.717) is 11.3 Å². The lowest BCUT2D eigenvalue weighted by Crippen LogP contribution is -2.22. The lowest BCUT2D eigenvalue weighted by molar-refractivity contribution is -0.384. The minimum atomic E-state index is -3.64. The van der Waals surface area contributed by atoms with Crippen LogP contribution in [0.2, 0.25) is 0 Å². The molecule has 0 aliphatic rings. The number of nitro groups is 1. The maximum atomic E-state index is 12.3. The van der Waals surface area contributed by atoms with Gasteiger partial charge in [0, 0.05) is 37.5 Å². The molecular formula is C16H17N3O5S. The minimum Gasteiger partial charge on any atom is -0.322 e. The number of carbonyl (C=O) groups is 1. The molecule has 0 heterocycles. The van der Waals surface area contributed by atoms with Crippen LogP contribution < -0.4 is 5.32 Å². The lowest BCUT2D eigenvalue weighted by Gasteiger charge is -2.14. The summed E-state index contributed by atoms with van der Waals surface area (Å²) in [5.74, 6) is -0.564. The molecule has 0 saturated carbocycles. The molecule has 0 radical (unpaired) electrons. The van der Waals surface area contributed by atoms with Crippen molar-refractivity contribution in [2.75, 3.05) is 19.4 Å². The van der Waals surface area contributed by atoms with E-state index < -0.39 is 20.9 Å². The van der Waals surface area contributed by atoms with Crippen LogP contribution in [0, 0.1) is 17.0 Å². The molecule has 2 rings (SSSR count). The summed E-state index contributed by atoms with van der Waals surface area (Å²) in [5, 5.41) is 13.4. The Bertz CT molecular complexity index is 939. The van der Waals surface area contributed by atoms with Gasteiger partial charge in [-0.1, -0.05) is 12.1 Å². The Labute approximate surface area is 145 Å². The number of non-ortho nitro benzene ring substituents is 1. The summed E-state index contributed by atoms with van der Waals surface area (Å²) in [6.45, 7) is 1.72. The van der Waals surface area contributed by atoms with Crippen molar-refractivity contribution in [3.63, 3.8) is 0 Å². The number of hydrogen-bond acceptors (Lipinski definition) is 5. The molecule has 0 aliphatic heterocycles. The first-order chi connectivity index (χ1) is 11.6. The number of nitro benzene ring substituents is 1. The maximum absolute atomic E-state index is 12.3. The van der Waals surface area contributed by atoms with E-state index in [-0.39, 0.29) is 16.1 Å². The Morgan fingerprint density at radius 3 is 2.44 bits per heavy atom. The molecule has 0 saturated heterocycles. The van der Waals surface area contributed by atoms with E-state index in [4.69, 9.17) is 0 Å². The molecule has 2 aromatic rings. The number of carbonyl (C=O) groups excluding carboxylic acids is 1. The predicted molar refractivity (Wildman–Crippen MR) is 93.1 cm³/mol. The van der Waals surface area contributed by atoms with Crippen LogP contribution in [0.3, 0.4) is 0 Å². The van der Waals surface area contributed by atoms with Crippen molar-refractivity contribution in [2.24, 2.45) is 0 Å². The van der Waals surface area contributed by atoms with Crippen LogP contribution in [0.5, 0.6) is 0 Å². The third-order valence-corrected chi connectivity index (χ3v) is 5.37. The van der Waals surface area contributed by atoms with Crippen LogP contribution in [0.25, 0.3) is 0 Å². The number of anilines is 1. The number of hydrogen-bond donors (Lipinski definition) is 1. The first-order valence-corrected chi connectivity index (χ1v) is 8.66. The summed E-state index contributed by atoms with van der Waals surface area (Å²) in [7, 11) is -0.815. The fourth-order valence-electron chi connectivity index (χ4n) is 2.06. The molecule has 132 valence electrons. The molecule has 0 aromatic heterocycles. The Morgan fingerprint density at radius 1 is 1.16 bits per heavy atom. The number of sulfonamides is 1. The second-order valence-electron chi connectivity index (χ2n) is 5.53. The minimum absolute atomic E-state index is 0.0393. The van der Waals surface area contributed by atoms with E-state index in [1.807, 2.05) is 0 Å². The van der Waals surface area contributed by atoms with Gasteiger partial charge in [-0.3, -0.25) is 14.9 Å². The standard InChI is InChI=1S/C16H17N3O5S/c1-11-7-8-14(25(23,24)18(2)3)10-15(11)17-16(20)12-5-4-6-13(9-12)19(21)22/h4-10H,1-3H3,(H,17,20). The fourth-order valence-corrected chi connectivity index (χ4v) is 2.99. The van der Waals surface area contributed by atoms with Gasteiger partial charge in [-0.25, -0.2) is 12.7 Å². The van der Waals surface area contributed by atoms with E-state index in [9.17, 15) is 23.3 Å². The average Bonchev–Trinajstić information content (AvgIpc) is 2.56. The van der Waals surface area contributed by atoms with Crippen molar-refractivity contribution in [3.8, 4) is 0 Å². The summed E-state index contributed by atoms with van der Waals surface area (Å²) in [5.41, 5.74) is 0.888. The molecule has 0 fully saturated rings. The van der Waals surface area contributed by atoms with Gasteiger partial charge in [0.1, 0.15) is 0 Å². The van der Waals surface area contributed by atoms with Crippen LogP contribution in [0.1, 0.15) is 15.9 Å². The van der Waals surface area contributed by atoms with Gasteiger partial charge in [0.15, 0.2) is 0 Å². The fraction of sp³-hybridized carbons (Fsp3) is 0.188. The molecule has 9 heteroatoms. The highest BCUT2D eigenvalue weighted by Crippen LogP contribution is 2.23. The lowest BCUT2D eigenvalue weighted by atomic mass is 10.1. The molecule has 0 bridgehead atoms. The number of amides is 1. The maximum Gasteiger partial charge on any atom is 0.270 e. The highest BCUT2D eigenvalue weighted by Gasteiger charge is 2.19. The Balaban J connectivity index is 2.35. The van der Waals surface area contributed by atoms with Crippen molar-refractivity contribution in [2.45, 2.75) is 11.8 Å². The van der Waals surface area contributed by atoms with Crippen LogP contribution in [-0.4, -0.2) is 37.6 Å². The quantitative estimate of drug-likeness (QED) is 0.648. The number of aryl methyl sites for hydroxylation is 1. The van der Waals surface area contributed by atoms with Gasteiger partial charge in [0.05, 0.1) is 9.82 Å². The summed E-state index contributed by atoms with van der Waals surface area (Å²) in [6.07, 6.45) is 0.